The largest absolute Gasteiger partial charge is 0.113 e. The van der Waals surface area contributed by atoms with Crippen LogP contribution in [0.1, 0.15) is 35.1 Å². The van der Waals surface area contributed by atoms with Gasteiger partial charge in [-0.2, -0.15) is 0 Å². The first-order valence-corrected chi connectivity index (χ1v) is 5.87. The summed E-state index contributed by atoms with van der Waals surface area (Å²) >= 11 is 6.44. The topological polar surface area (TPSA) is 0 Å². The highest BCUT2D eigenvalue weighted by Gasteiger charge is 2.09. The molecule has 0 aliphatic rings. The molecule has 0 atom stereocenters. The molecule has 2 rings (SSSR count). The third-order valence-electron chi connectivity index (χ3n) is 2.74. The van der Waals surface area contributed by atoms with Crippen LogP contribution in [0.2, 0.25) is 0 Å². The average Bonchev–Trinajstić information content (AvgIpc) is 2.30. The summed E-state index contributed by atoms with van der Waals surface area (Å²) in [5.41, 5.74) is 4.82. The van der Waals surface area contributed by atoms with E-state index in [0.29, 0.717) is 0 Å². The van der Waals surface area contributed by atoms with Crippen molar-refractivity contribution >= 4 is 11.6 Å². The molecule has 0 aliphatic carbocycles. The van der Waals surface area contributed by atoms with Crippen molar-refractivity contribution in [1.82, 2.24) is 0 Å². The number of hydrogen-bond acceptors (Lipinski definition) is 0. The second-order valence-corrected chi connectivity index (χ2v) is 4.62. The Morgan fingerprint density at radius 3 is 1.29 bits per heavy atom. The lowest BCUT2D eigenvalue weighted by atomic mass is 10.0. The first-order chi connectivity index (χ1) is 7.66. The molecule has 90 valence electrons. The first-order valence-electron chi connectivity index (χ1n) is 5.44. The van der Waals surface area contributed by atoms with Gasteiger partial charge in [-0.05, 0) is 25.0 Å². The molecular formula is C16H19Cl. The van der Waals surface area contributed by atoms with E-state index in [2.05, 4.69) is 62.4 Å². The molecule has 0 heterocycles. The molecule has 0 saturated carbocycles. The lowest BCUT2D eigenvalue weighted by molar-refractivity contribution is 1.13. The van der Waals surface area contributed by atoms with E-state index in [1.165, 1.54) is 11.1 Å². The molecule has 17 heavy (non-hydrogen) atoms. The van der Waals surface area contributed by atoms with Crippen LogP contribution in [0, 0.1) is 13.8 Å². The average molecular weight is 247 g/mol. The molecule has 0 amide bonds. The Morgan fingerprint density at radius 1 is 0.706 bits per heavy atom. The third-order valence-corrected chi connectivity index (χ3v) is 3.24. The molecule has 1 heteroatoms. The molecule has 2 aromatic rings. The molecule has 0 radical (unpaired) electrons. The zero-order valence-corrected chi connectivity index (χ0v) is 10.3. The zero-order valence-electron chi connectivity index (χ0n) is 9.57. The molecule has 2 aromatic carbocycles. The Hall–Kier alpha value is -1.27. The highest BCUT2D eigenvalue weighted by atomic mass is 35.5. The predicted octanol–water partition coefficient (Wildman–Crippen LogP) is 5.27. The summed E-state index contributed by atoms with van der Waals surface area (Å²) in [6.07, 6.45) is 0. The SMILES string of the molecule is C.Cc1ccc(C(Cl)c2ccc(C)cc2)cc1. The molecule has 0 fully saturated rings. The van der Waals surface area contributed by atoms with Crippen LogP contribution in [0.4, 0.5) is 0 Å². The lowest BCUT2D eigenvalue weighted by Gasteiger charge is -2.10. The van der Waals surface area contributed by atoms with Crippen molar-refractivity contribution in [1.29, 1.82) is 0 Å². The number of hydrogen-bond donors (Lipinski definition) is 0. The fourth-order valence-electron chi connectivity index (χ4n) is 1.66. The molecule has 0 aliphatic heterocycles. The van der Waals surface area contributed by atoms with Gasteiger partial charge in [-0.3, -0.25) is 0 Å². The second kappa shape index (κ2) is 5.88. The number of alkyl halides is 1. The van der Waals surface area contributed by atoms with E-state index in [4.69, 9.17) is 11.6 Å². The molecule has 0 aromatic heterocycles. The first kappa shape index (κ1) is 13.8. The van der Waals surface area contributed by atoms with Crippen LogP contribution in [-0.2, 0) is 0 Å². The van der Waals surface area contributed by atoms with Gasteiger partial charge in [0.2, 0.25) is 0 Å². The summed E-state index contributed by atoms with van der Waals surface area (Å²) in [5, 5.41) is -0.0544. The van der Waals surface area contributed by atoms with Crippen LogP contribution in [-0.4, -0.2) is 0 Å². The highest BCUT2D eigenvalue weighted by Crippen LogP contribution is 2.28. The highest BCUT2D eigenvalue weighted by molar-refractivity contribution is 6.22. The second-order valence-electron chi connectivity index (χ2n) is 4.18. The van der Waals surface area contributed by atoms with Gasteiger partial charge in [0.15, 0.2) is 0 Å². The van der Waals surface area contributed by atoms with Gasteiger partial charge in [-0.25, -0.2) is 0 Å². The third kappa shape index (κ3) is 3.34. The maximum atomic E-state index is 6.44. The van der Waals surface area contributed by atoms with Gasteiger partial charge < -0.3 is 0 Å². The van der Waals surface area contributed by atoms with E-state index >= 15 is 0 Å². The van der Waals surface area contributed by atoms with E-state index in [-0.39, 0.29) is 12.8 Å². The monoisotopic (exact) mass is 246 g/mol. The van der Waals surface area contributed by atoms with Crippen molar-refractivity contribution in [3.8, 4) is 0 Å². The quantitative estimate of drug-likeness (QED) is 0.634. The van der Waals surface area contributed by atoms with Crippen molar-refractivity contribution in [2.24, 2.45) is 0 Å². The Kier molecular flexibility index (Phi) is 4.77. The summed E-state index contributed by atoms with van der Waals surface area (Å²) in [6, 6.07) is 16.7. The maximum absolute atomic E-state index is 6.44. The number of rotatable bonds is 2. The molecule has 0 nitrogen and oxygen atoms in total. The van der Waals surface area contributed by atoms with Crippen LogP contribution in [0.5, 0.6) is 0 Å². The Morgan fingerprint density at radius 2 is 1.00 bits per heavy atom. The van der Waals surface area contributed by atoms with Gasteiger partial charge in [0.25, 0.3) is 0 Å². The van der Waals surface area contributed by atoms with Gasteiger partial charge >= 0.3 is 0 Å². The maximum Gasteiger partial charge on any atom is 0.0835 e. The van der Waals surface area contributed by atoms with Crippen molar-refractivity contribution in [2.45, 2.75) is 26.7 Å². The van der Waals surface area contributed by atoms with Gasteiger partial charge in [0.1, 0.15) is 0 Å². The zero-order chi connectivity index (χ0) is 11.5. The fraction of sp³-hybridized carbons (Fsp3) is 0.250. The molecule has 0 saturated heterocycles. The predicted molar refractivity (Wildman–Crippen MR) is 76.8 cm³/mol. The van der Waals surface area contributed by atoms with Crippen LogP contribution < -0.4 is 0 Å². The Bertz CT molecular complexity index is 408. The number of aryl methyl sites for hydroxylation is 2. The molecule has 0 unspecified atom stereocenters. The van der Waals surface area contributed by atoms with E-state index in [1.54, 1.807) is 0 Å². The Balaban J connectivity index is 0.00000144. The van der Waals surface area contributed by atoms with Crippen molar-refractivity contribution in [2.75, 3.05) is 0 Å². The summed E-state index contributed by atoms with van der Waals surface area (Å²) in [4.78, 5) is 0. The van der Waals surface area contributed by atoms with Gasteiger partial charge in [-0.15, -0.1) is 11.6 Å². The van der Waals surface area contributed by atoms with E-state index in [9.17, 15) is 0 Å². The summed E-state index contributed by atoms with van der Waals surface area (Å²) in [5.74, 6) is 0. The summed E-state index contributed by atoms with van der Waals surface area (Å²) in [7, 11) is 0. The normalized spacial score (nSPS) is 10.1. The number of halogens is 1. The molecule has 0 spiro atoms. The van der Waals surface area contributed by atoms with Gasteiger partial charge in [0, 0.05) is 0 Å². The van der Waals surface area contributed by atoms with Crippen LogP contribution in [0.15, 0.2) is 48.5 Å². The molecule has 0 N–H and O–H groups in total. The molecular weight excluding hydrogens is 228 g/mol. The Labute approximate surface area is 109 Å². The van der Waals surface area contributed by atoms with Crippen molar-refractivity contribution < 1.29 is 0 Å². The minimum atomic E-state index is -0.0544. The van der Waals surface area contributed by atoms with Crippen molar-refractivity contribution in [3.05, 3.63) is 70.8 Å². The van der Waals surface area contributed by atoms with Gasteiger partial charge in [-0.1, -0.05) is 67.1 Å². The van der Waals surface area contributed by atoms with Crippen LogP contribution in [0.25, 0.3) is 0 Å². The van der Waals surface area contributed by atoms with Crippen LogP contribution >= 0.6 is 11.6 Å². The van der Waals surface area contributed by atoms with Crippen LogP contribution in [0.3, 0.4) is 0 Å². The minimum Gasteiger partial charge on any atom is -0.113 e. The van der Waals surface area contributed by atoms with E-state index in [0.717, 1.165) is 11.1 Å². The minimum absolute atomic E-state index is 0. The molecule has 0 bridgehead atoms. The fourth-order valence-corrected chi connectivity index (χ4v) is 1.95. The number of benzene rings is 2. The lowest BCUT2D eigenvalue weighted by Crippen LogP contribution is -1.93. The smallest absolute Gasteiger partial charge is 0.0835 e. The summed E-state index contributed by atoms with van der Waals surface area (Å²) < 4.78 is 0. The van der Waals surface area contributed by atoms with E-state index in [1.807, 2.05) is 0 Å². The standard InChI is InChI=1S/C15H15Cl.CH4/c1-11-3-7-13(8-4-11)15(16)14-9-5-12(2)6-10-14;/h3-10,15H,1-2H3;1H4. The summed E-state index contributed by atoms with van der Waals surface area (Å²) in [6.45, 7) is 4.16. The van der Waals surface area contributed by atoms with Gasteiger partial charge in [0.05, 0.1) is 5.38 Å². The van der Waals surface area contributed by atoms with Crippen molar-refractivity contribution in [3.63, 3.8) is 0 Å². The van der Waals surface area contributed by atoms with E-state index < -0.39 is 0 Å².